The molecule has 26 heavy (non-hydrogen) atoms. The highest BCUT2D eigenvalue weighted by molar-refractivity contribution is 6.33. The molecule has 2 aliphatic heterocycles. The van der Waals surface area contributed by atoms with Crippen LogP contribution in [0.5, 0.6) is 5.75 Å². The maximum absolute atomic E-state index is 6.38. The number of hydrogen-bond donors (Lipinski definition) is 2. The molecule has 0 amide bonds. The standard InChI is InChI=1S/C20H25ClN4O/c1-10(2)25-8-13-14(9-25)17(13)16-7-23-20(24-16)12-6-15(21)18(22)11-4-3-5-26-19(11)12/h6-7,10,13-14,17H,3-5,8-9,22H2,1-2H3,(H,23,24). The Bertz CT molecular complexity index is 850. The number of likely N-dealkylation sites (tertiary alicyclic amines) is 1. The van der Waals surface area contributed by atoms with Crippen LogP contribution in [0.25, 0.3) is 11.4 Å². The number of piperidine rings is 1. The highest BCUT2D eigenvalue weighted by Gasteiger charge is 2.57. The van der Waals surface area contributed by atoms with Crippen LogP contribution in [0.15, 0.2) is 12.3 Å². The summed E-state index contributed by atoms with van der Waals surface area (Å²) < 4.78 is 5.94. The van der Waals surface area contributed by atoms with Crippen molar-refractivity contribution in [1.29, 1.82) is 0 Å². The Morgan fingerprint density at radius 1 is 1.35 bits per heavy atom. The van der Waals surface area contributed by atoms with Crippen LogP contribution in [0, 0.1) is 11.8 Å². The molecule has 1 aliphatic carbocycles. The zero-order valence-corrected chi connectivity index (χ0v) is 16.0. The molecular weight excluding hydrogens is 348 g/mol. The summed E-state index contributed by atoms with van der Waals surface area (Å²) >= 11 is 6.38. The Kier molecular flexibility index (Phi) is 3.73. The SMILES string of the molecule is CC(C)N1CC2C(C1)C2c1cnc(-c2cc(Cl)c(N)c3c2OCCC3)[nH]1. The van der Waals surface area contributed by atoms with Gasteiger partial charge in [0.05, 0.1) is 22.9 Å². The molecule has 0 bridgehead atoms. The fraction of sp³-hybridized carbons (Fsp3) is 0.550. The minimum absolute atomic E-state index is 0.582. The first-order chi connectivity index (χ1) is 12.5. The number of fused-ring (bicyclic) bond motifs is 2. The van der Waals surface area contributed by atoms with Gasteiger partial charge in [-0.05, 0) is 44.6 Å². The lowest BCUT2D eigenvalue weighted by molar-refractivity contribution is 0.242. The zero-order valence-electron chi connectivity index (χ0n) is 15.3. The van der Waals surface area contributed by atoms with Gasteiger partial charge in [0.2, 0.25) is 0 Å². The normalized spacial score (nSPS) is 27.3. The number of H-pyrrole nitrogens is 1. The number of nitrogens with two attached hydrogens (primary N) is 1. The number of ether oxygens (including phenoxy) is 1. The van der Waals surface area contributed by atoms with Crippen molar-refractivity contribution < 1.29 is 4.74 Å². The van der Waals surface area contributed by atoms with E-state index in [1.54, 1.807) is 0 Å². The van der Waals surface area contributed by atoms with E-state index in [-0.39, 0.29) is 0 Å². The van der Waals surface area contributed by atoms with Crippen molar-refractivity contribution >= 4 is 17.3 Å². The van der Waals surface area contributed by atoms with Crippen LogP contribution in [0.3, 0.4) is 0 Å². The average molecular weight is 373 g/mol. The van der Waals surface area contributed by atoms with E-state index in [2.05, 4.69) is 28.7 Å². The molecule has 0 spiro atoms. The van der Waals surface area contributed by atoms with Gasteiger partial charge in [-0.15, -0.1) is 0 Å². The predicted molar refractivity (Wildman–Crippen MR) is 104 cm³/mol. The lowest BCUT2D eigenvalue weighted by Crippen LogP contribution is -2.31. The van der Waals surface area contributed by atoms with Crippen molar-refractivity contribution in [2.75, 3.05) is 25.4 Å². The molecule has 3 N–H and O–H groups in total. The second kappa shape index (κ2) is 5.89. The number of nitrogen functional groups attached to an aromatic ring is 1. The van der Waals surface area contributed by atoms with Crippen LogP contribution in [0.2, 0.25) is 5.02 Å². The van der Waals surface area contributed by atoms with Gasteiger partial charge in [-0.25, -0.2) is 4.98 Å². The Morgan fingerprint density at radius 2 is 2.12 bits per heavy atom. The van der Waals surface area contributed by atoms with Gasteiger partial charge >= 0.3 is 0 Å². The molecule has 2 unspecified atom stereocenters. The van der Waals surface area contributed by atoms with Crippen LogP contribution < -0.4 is 10.5 Å². The van der Waals surface area contributed by atoms with Crippen molar-refractivity contribution in [1.82, 2.24) is 14.9 Å². The smallest absolute Gasteiger partial charge is 0.141 e. The third-order valence-electron chi connectivity index (χ3n) is 6.35. The summed E-state index contributed by atoms with van der Waals surface area (Å²) in [6.07, 6.45) is 3.87. The maximum Gasteiger partial charge on any atom is 0.141 e. The van der Waals surface area contributed by atoms with Crippen LogP contribution in [0.1, 0.15) is 37.4 Å². The van der Waals surface area contributed by atoms with Crippen LogP contribution in [-0.4, -0.2) is 40.6 Å². The molecule has 5 nitrogen and oxygen atoms in total. The van der Waals surface area contributed by atoms with E-state index in [0.717, 1.165) is 47.4 Å². The quantitative estimate of drug-likeness (QED) is 0.806. The first kappa shape index (κ1) is 16.5. The Balaban J connectivity index is 1.43. The van der Waals surface area contributed by atoms with Gasteiger partial charge < -0.3 is 20.4 Å². The number of aromatic amines is 1. The molecule has 2 aromatic rings. The van der Waals surface area contributed by atoms with Gasteiger partial charge in [0.1, 0.15) is 11.6 Å². The second-order valence-corrected chi connectivity index (χ2v) is 8.57. The van der Waals surface area contributed by atoms with Crippen LogP contribution >= 0.6 is 11.6 Å². The minimum Gasteiger partial charge on any atom is -0.492 e. The molecule has 5 rings (SSSR count). The lowest BCUT2D eigenvalue weighted by atomic mass is 10.00. The molecule has 2 fully saturated rings. The summed E-state index contributed by atoms with van der Waals surface area (Å²) in [5, 5.41) is 0.582. The summed E-state index contributed by atoms with van der Waals surface area (Å²) in [7, 11) is 0. The maximum atomic E-state index is 6.38. The summed E-state index contributed by atoms with van der Waals surface area (Å²) in [4.78, 5) is 10.8. The van der Waals surface area contributed by atoms with Crippen LogP contribution in [0.4, 0.5) is 5.69 Å². The second-order valence-electron chi connectivity index (χ2n) is 8.17. The number of imidazole rings is 1. The fourth-order valence-corrected chi connectivity index (χ4v) is 5.02. The molecule has 2 atom stereocenters. The van der Waals surface area contributed by atoms with Gasteiger partial charge in [0, 0.05) is 42.5 Å². The average Bonchev–Trinajstić information content (AvgIpc) is 3.03. The van der Waals surface area contributed by atoms with Gasteiger partial charge in [0.25, 0.3) is 0 Å². The molecule has 3 heterocycles. The Hall–Kier alpha value is -1.72. The van der Waals surface area contributed by atoms with Gasteiger partial charge in [0.15, 0.2) is 0 Å². The molecule has 1 saturated carbocycles. The number of anilines is 1. The number of aromatic nitrogens is 2. The summed E-state index contributed by atoms with van der Waals surface area (Å²) in [5.74, 6) is 3.84. The number of rotatable bonds is 3. The van der Waals surface area contributed by atoms with Crippen molar-refractivity contribution in [3.8, 4) is 17.1 Å². The molecule has 1 aromatic carbocycles. The summed E-state index contributed by atoms with van der Waals surface area (Å²) in [6, 6.07) is 2.53. The molecule has 0 radical (unpaired) electrons. The minimum atomic E-state index is 0.582. The monoisotopic (exact) mass is 372 g/mol. The first-order valence-electron chi connectivity index (χ1n) is 9.57. The topological polar surface area (TPSA) is 67.2 Å². The van der Waals surface area contributed by atoms with Crippen molar-refractivity contribution in [2.24, 2.45) is 11.8 Å². The number of nitrogens with zero attached hydrogens (tertiary/aromatic N) is 2. The van der Waals surface area contributed by atoms with Crippen LogP contribution in [-0.2, 0) is 6.42 Å². The molecule has 1 aromatic heterocycles. The molecule has 138 valence electrons. The number of nitrogens with one attached hydrogen (secondary N) is 1. The molecule has 3 aliphatic rings. The van der Waals surface area contributed by atoms with E-state index in [1.165, 1.54) is 18.8 Å². The Labute approximate surface area is 158 Å². The van der Waals surface area contributed by atoms with E-state index in [9.17, 15) is 0 Å². The summed E-state index contributed by atoms with van der Waals surface area (Å²) in [5.41, 5.74) is 10.0. The number of benzene rings is 1. The van der Waals surface area contributed by atoms with Gasteiger partial charge in [-0.1, -0.05) is 11.6 Å². The van der Waals surface area contributed by atoms with E-state index >= 15 is 0 Å². The Morgan fingerprint density at radius 3 is 2.85 bits per heavy atom. The van der Waals surface area contributed by atoms with E-state index in [1.807, 2.05) is 12.3 Å². The molecular formula is C20H25ClN4O. The van der Waals surface area contributed by atoms with E-state index in [4.69, 9.17) is 22.1 Å². The highest BCUT2D eigenvalue weighted by Crippen LogP contribution is 2.58. The van der Waals surface area contributed by atoms with Gasteiger partial charge in [-0.2, -0.15) is 0 Å². The van der Waals surface area contributed by atoms with E-state index in [0.29, 0.717) is 29.3 Å². The molecule has 1 saturated heterocycles. The largest absolute Gasteiger partial charge is 0.492 e. The van der Waals surface area contributed by atoms with Crippen molar-refractivity contribution in [2.45, 2.75) is 38.6 Å². The molecule has 6 heteroatoms. The summed E-state index contributed by atoms with van der Waals surface area (Å²) in [6.45, 7) is 7.68. The predicted octanol–water partition coefficient (Wildman–Crippen LogP) is 3.69. The highest BCUT2D eigenvalue weighted by atomic mass is 35.5. The lowest BCUT2D eigenvalue weighted by Gasteiger charge is -2.23. The van der Waals surface area contributed by atoms with E-state index < -0.39 is 0 Å². The van der Waals surface area contributed by atoms with Crippen molar-refractivity contribution in [3.05, 3.63) is 28.5 Å². The van der Waals surface area contributed by atoms with Crippen molar-refractivity contribution in [3.63, 3.8) is 0 Å². The van der Waals surface area contributed by atoms with Gasteiger partial charge in [-0.3, -0.25) is 0 Å². The number of hydrogen-bond acceptors (Lipinski definition) is 4. The third-order valence-corrected chi connectivity index (χ3v) is 6.66. The first-order valence-corrected chi connectivity index (χ1v) is 9.95. The number of halogens is 1. The third kappa shape index (κ3) is 2.44. The zero-order chi connectivity index (χ0) is 18.0. The fourth-order valence-electron chi connectivity index (χ4n) is 4.79.